The molecular weight excluding hydrogens is 140 g/mol. The monoisotopic (exact) mass is 154 g/mol. The number of imidazole rings is 1. The highest BCUT2D eigenvalue weighted by Crippen LogP contribution is 1.97. The molecule has 0 saturated carbocycles. The van der Waals surface area contributed by atoms with E-state index in [2.05, 4.69) is 16.9 Å². The number of rotatable bonds is 3. The molecule has 1 heterocycles. The molecule has 0 aliphatic heterocycles. The van der Waals surface area contributed by atoms with Gasteiger partial charge < -0.3 is 4.98 Å². The molecule has 3 heteroatoms. The molecule has 0 amide bonds. The predicted molar refractivity (Wildman–Crippen MR) is 46.8 cm³/mol. The summed E-state index contributed by atoms with van der Waals surface area (Å²) in [6, 6.07) is 0. The zero-order chi connectivity index (χ0) is 7.40. The van der Waals surface area contributed by atoms with Crippen molar-refractivity contribution in [3.05, 3.63) is 11.9 Å². The molecule has 0 unspecified atom stereocenters. The predicted octanol–water partition coefficient (Wildman–Crippen LogP) is -0.257. The van der Waals surface area contributed by atoms with Gasteiger partial charge in [-0.1, -0.05) is 13.3 Å². The van der Waals surface area contributed by atoms with Gasteiger partial charge in [0.15, 0.2) is 0 Å². The van der Waals surface area contributed by atoms with Crippen LogP contribution in [0.25, 0.3) is 0 Å². The fourth-order valence-corrected chi connectivity index (χ4v) is 1.39. The van der Waals surface area contributed by atoms with Gasteiger partial charge in [-0.25, -0.2) is 4.98 Å². The van der Waals surface area contributed by atoms with Crippen molar-refractivity contribution in [3.8, 4) is 0 Å². The molecule has 0 fully saturated rings. The fraction of sp³-hybridized carbons (Fsp3) is 0.571. The zero-order valence-corrected chi connectivity index (χ0v) is 8.65. The quantitative estimate of drug-likeness (QED) is 0.597. The van der Waals surface area contributed by atoms with Gasteiger partial charge in [-0.15, -0.1) is 0 Å². The lowest BCUT2D eigenvalue weighted by molar-refractivity contribution is 0.781. The first kappa shape index (κ1) is 7.53. The van der Waals surface area contributed by atoms with E-state index in [-0.39, 0.29) is 0 Å². The first-order valence-corrected chi connectivity index (χ1v) is 4.84. The van der Waals surface area contributed by atoms with Gasteiger partial charge >= 0.3 is 0 Å². The highest BCUT2D eigenvalue weighted by molar-refractivity contribution is 6.29. The maximum Gasteiger partial charge on any atom is 0.0839 e. The molecule has 0 aromatic carbocycles. The van der Waals surface area contributed by atoms with Crippen LogP contribution in [0.4, 0.5) is 0 Å². The Morgan fingerprint density at radius 3 is 3.00 bits per heavy atom. The first-order valence-electron chi connectivity index (χ1n) is 3.84. The number of nitrogens with one attached hydrogen (secondary N) is 1. The topological polar surface area (TPSA) is 28.7 Å². The third kappa shape index (κ3) is 1.99. The zero-order valence-electron chi connectivity index (χ0n) is 6.65. The van der Waals surface area contributed by atoms with E-state index in [1.807, 2.05) is 6.20 Å². The summed E-state index contributed by atoms with van der Waals surface area (Å²) in [5.74, 6) is 0. The molecule has 2 nitrogen and oxygen atoms in total. The van der Waals surface area contributed by atoms with Crippen molar-refractivity contribution in [1.29, 1.82) is 0 Å². The SMILES string of the molecule is CCCCc1c[nH]c([SiH3])n1. The van der Waals surface area contributed by atoms with E-state index in [1.165, 1.54) is 18.5 Å². The van der Waals surface area contributed by atoms with Crippen molar-refractivity contribution in [2.24, 2.45) is 0 Å². The lowest BCUT2D eigenvalue weighted by Gasteiger charge is -1.89. The van der Waals surface area contributed by atoms with E-state index in [0.717, 1.165) is 22.1 Å². The van der Waals surface area contributed by atoms with E-state index in [9.17, 15) is 0 Å². The molecule has 0 aliphatic rings. The fourth-order valence-electron chi connectivity index (χ4n) is 0.954. The number of H-pyrrole nitrogens is 1. The van der Waals surface area contributed by atoms with Gasteiger partial charge in [0, 0.05) is 6.20 Å². The molecule has 10 heavy (non-hydrogen) atoms. The molecule has 1 aromatic heterocycles. The van der Waals surface area contributed by atoms with Crippen LogP contribution in [0, 0.1) is 0 Å². The second kappa shape index (κ2) is 3.56. The molecule has 56 valence electrons. The molecule has 1 aromatic rings. The lowest BCUT2D eigenvalue weighted by atomic mass is 10.2. The van der Waals surface area contributed by atoms with Crippen molar-refractivity contribution in [1.82, 2.24) is 9.97 Å². The van der Waals surface area contributed by atoms with Crippen molar-refractivity contribution in [3.63, 3.8) is 0 Å². The summed E-state index contributed by atoms with van der Waals surface area (Å²) < 4.78 is 0. The van der Waals surface area contributed by atoms with Crippen LogP contribution in [0.3, 0.4) is 0 Å². The number of aromatic amines is 1. The van der Waals surface area contributed by atoms with Crippen LogP contribution in [0.5, 0.6) is 0 Å². The van der Waals surface area contributed by atoms with Crippen LogP contribution in [-0.4, -0.2) is 20.2 Å². The minimum absolute atomic E-state index is 1.04. The smallest absolute Gasteiger partial charge is 0.0839 e. The highest BCUT2D eigenvalue weighted by atomic mass is 28.1. The van der Waals surface area contributed by atoms with Crippen LogP contribution in [0.15, 0.2) is 6.20 Å². The van der Waals surface area contributed by atoms with E-state index in [0.29, 0.717) is 0 Å². The molecular formula is C7H14N2Si. The van der Waals surface area contributed by atoms with E-state index in [4.69, 9.17) is 0 Å². The lowest BCUT2D eigenvalue weighted by Crippen LogP contribution is -2.05. The van der Waals surface area contributed by atoms with Crippen LogP contribution in [-0.2, 0) is 6.42 Å². The third-order valence-corrected chi connectivity index (χ3v) is 2.06. The van der Waals surface area contributed by atoms with Crippen molar-refractivity contribution in [2.45, 2.75) is 26.2 Å². The van der Waals surface area contributed by atoms with Crippen molar-refractivity contribution < 1.29 is 0 Å². The van der Waals surface area contributed by atoms with Gasteiger partial charge in [0.1, 0.15) is 0 Å². The molecule has 0 aliphatic carbocycles. The maximum atomic E-state index is 4.35. The highest BCUT2D eigenvalue weighted by Gasteiger charge is 1.94. The van der Waals surface area contributed by atoms with Crippen LogP contribution < -0.4 is 5.45 Å². The van der Waals surface area contributed by atoms with E-state index >= 15 is 0 Å². The number of unbranched alkanes of at least 4 members (excludes halogenated alkanes) is 1. The number of nitrogens with zero attached hydrogens (tertiary/aromatic N) is 1. The van der Waals surface area contributed by atoms with Gasteiger partial charge in [0.25, 0.3) is 0 Å². The van der Waals surface area contributed by atoms with Gasteiger partial charge in [-0.05, 0) is 12.8 Å². The summed E-state index contributed by atoms with van der Waals surface area (Å²) in [6.07, 6.45) is 5.67. The largest absolute Gasteiger partial charge is 0.353 e. The average Bonchev–Trinajstić information content (AvgIpc) is 2.31. The molecule has 0 radical (unpaired) electrons. The second-order valence-electron chi connectivity index (χ2n) is 2.58. The molecule has 1 rings (SSSR count). The normalized spacial score (nSPS) is 10.5. The van der Waals surface area contributed by atoms with E-state index < -0.39 is 0 Å². The summed E-state index contributed by atoms with van der Waals surface area (Å²) in [5.41, 5.74) is 2.39. The summed E-state index contributed by atoms with van der Waals surface area (Å²) in [6.45, 7) is 2.20. The molecule has 1 N–H and O–H groups in total. The average molecular weight is 154 g/mol. The summed E-state index contributed by atoms with van der Waals surface area (Å²) in [7, 11) is 1.04. The Hall–Kier alpha value is -0.573. The maximum absolute atomic E-state index is 4.35. The van der Waals surface area contributed by atoms with Crippen LogP contribution in [0.2, 0.25) is 0 Å². The summed E-state index contributed by atoms with van der Waals surface area (Å²) in [4.78, 5) is 7.48. The standard InChI is InChI=1S/C7H14N2Si/c1-2-3-4-6-5-8-7(10)9-6/h5H,2-4H2,1,10H3,(H,8,9). The Labute approximate surface area is 64.5 Å². The van der Waals surface area contributed by atoms with Crippen molar-refractivity contribution in [2.75, 3.05) is 0 Å². The molecule has 0 atom stereocenters. The Balaban J connectivity index is 2.42. The van der Waals surface area contributed by atoms with Gasteiger partial charge in [0.2, 0.25) is 0 Å². The number of aromatic nitrogens is 2. The van der Waals surface area contributed by atoms with Gasteiger partial charge in [0.05, 0.1) is 21.4 Å². The Morgan fingerprint density at radius 1 is 1.70 bits per heavy atom. The van der Waals surface area contributed by atoms with Gasteiger partial charge in [-0.2, -0.15) is 0 Å². The van der Waals surface area contributed by atoms with Crippen LogP contribution in [0.1, 0.15) is 25.5 Å². The molecule has 0 saturated heterocycles. The second-order valence-corrected chi connectivity index (χ2v) is 3.53. The number of aryl methyl sites for hydroxylation is 1. The molecule has 0 bridgehead atoms. The minimum atomic E-state index is 1.04. The first-order chi connectivity index (χ1) is 4.83. The summed E-state index contributed by atoms with van der Waals surface area (Å²) in [5, 5.41) is 0. The van der Waals surface area contributed by atoms with E-state index in [1.54, 1.807) is 0 Å². The van der Waals surface area contributed by atoms with Gasteiger partial charge in [-0.3, -0.25) is 0 Å². The number of hydrogen-bond acceptors (Lipinski definition) is 1. The third-order valence-electron chi connectivity index (χ3n) is 1.55. The number of hydrogen-bond donors (Lipinski definition) is 1. The van der Waals surface area contributed by atoms with Crippen molar-refractivity contribution >= 4 is 15.7 Å². The Kier molecular flexibility index (Phi) is 2.68. The summed E-state index contributed by atoms with van der Waals surface area (Å²) >= 11 is 0. The Morgan fingerprint density at radius 2 is 2.50 bits per heavy atom. The minimum Gasteiger partial charge on any atom is -0.353 e. The molecule has 0 spiro atoms. The van der Waals surface area contributed by atoms with Crippen LogP contribution >= 0.6 is 0 Å². The Bertz CT molecular complexity index is 195.